The van der Waals surface area contributed by atoms with Crippen LogP contribution in [0.2, 0.25) is 0 Å². The smallest absolute Gasteiger partial charge is 0.225 e. The molecule has 7 heteroatoms. The van der Waals surface area contributed by atoms with Crippen molar-refractivity contribution in [2.45, 2.75) is 19.5 Å². The minimum absolute atomic E-state index is 0.00280. The lowest BCUT2D eigenvalue weighted by Gasteiger charge is -2.14. The quantitative estimate of drug-likeness (QED) is 0.609. The molecule has 0 saturated heterocycles. The minimum atomic E-state index is -0.146. The number of pyridine rings is 2. The number of anilines is 2. The Kier molecular flexibility index (Phi) is 5.48. The summed E-state index contributed by atoms with van der Waals surface area (Å²) < 4.78 is 0. The minimum Gasteiger partial charge on any atom is -0.394 e. The first-order valence-electron chi connectivity index (χ1n) is 8.05. The van der Waals surface area contributed by atoms with Gasteiger partial charge in [0.15, 0.2) is 0 Å². The van der Waals surface area contributed by atoms with Gasteiger partial charge in [0.1, 0.15) is 5.82 Å². The zero-order valence-electron chi connectivity index (χ0n) is 13.9. The fraction of sp³-hybridized carbons (Fsp3) is 0.222. The molecule has 128 valence electrons. The summed E-state index contributed by atoms with van der Waals surface area (Å²) in [7, 11) is 0. The first-order valence-corrected chi connectivity index (χ1v) is 8.05. The normalized spacial score (nSPS) is 11.8. The number of hydrogen-bond donors (Lipinski definition) is 3. The lowest BCUT2D eigenvalue weighted by molar-refractivity contribution is 0.281. The van der Waals surface area contributed by atoms with Crippen LogP contribution in [0.3, 0.4) is 0 Å². The fourth-order valence-electron chi connectivity index (χ4n) is 2.21. The number of hydrogen-bond acceptors (Lipinski definition) is 7. The molecule has 3 heterocycles. The average molecular weight is 336 g/mol. The van der Waals surface area contributed by atoms with Crippen molar-refractivity contribution in [3.8, 4) is 11.3 Å². The van der Waals surface area contributed by atoms with Gasteiger partial charge in [0.2, 0.25) is 5.95 Å². The van der Waals surface area contributed by atoms with E-state index in [4.69, 9.17) is 0 Å². The third-order valence-corrected chi connectivity index (χ3v) is 3.51. The SMILES string of the molecule is C[C@H](CO)Nc1nc(NCc2ccccn2)cc(-c2cccnc2)n1. The van der Waals surface area contributed by atoms with Crippen molar-refractivity contribution < 1.29 is 5.11 Å². The Morgan fingerprint density at radius 1 is 1.12 bits per heavy atom. The van der Waals surface area contributed by atoms with Gasteiger partial charge in [-0.3, -0.25) is 9.97 Å². The number of nitrogens with one attached hydrogen (secondary N) is 2. The van der Waals surface area contributed by atoms with Crippen molar-refractivity contribution in [3.63, 3.8) is 0 Å². The third-order valence-electron chi connectivity index (χ3n) is 3.51. The molecule has 3 aromatic rings. The average Bonchev–Trinajstić information content (AvgIpc) is 2.67. The molecule has 0 unspecified atom stereocenters. The van der Waals surface area contributed by atoms with Crippen LogP contribution in [0.25, 0.3) is 11.3 Å². The fourth-order valence-corrected chi connectivity index (χ4v) is 2.21. The van der Waals surface area contributed by atoms with E-state index in [0.29, 0.717) is 18.3 Å². The van der Waals surface area contributed by atoms with E-state index in [1.165, 1.54) is 0 Å². The van der Waals surface area contributed by atoms with Gasteiger partial charge in [0, 0.05) is 36.3 Å². The molecule has 3 rings (SSSR count). The van der Waals surface area contributed by atoms with E-state index in [-0.39, 0.29) is 12.6 Å². The molecule has 0 bridgehead atoms. The van der Waals surface area contributed by atoms with E-state index >= 15 is 0 Å². The maximum Gasteiger partial charge on any atom is 0.225 e. The summed E-state index contributed by atoms with van der Waals surface area (Å²) in [6, 6.07) is 11.3. The van der Waals surface area contributed by atoms with Gasteiger partial charge in [-0.25, -0.2) is 4.98 Å². The van der Waals surface area contributed by atoms with E-state index in [9.17, 15) is 5.11 Å². The predicted octanol–water partition coefficient (Wildman–Crippen LogP) is 2.34. The number of nitrogens with zero attached hydrogens (tertiary/aromatic N) is 4. The maximum atomic E-state index is 9.25. The second kappa shape index (κ2) is 8.16. The topological polar surface area (TPSA) is 95.8 Å². The van der Waals surface area contributed by atoms with Crippen molar-refractivity contribution in [3.05, 3.63) is 60.7 Å². The van der Waals surface area contributed by atoms with Gasteiger partial charge in [-0.1, -0.05) is 6.07 Å². The standard InChI is InChI=1S/C18H20N6O/c1-13(12-25)22-18-23-16(14-5-4-7-19-10-14)9-17(24-18)21-11-15-6-2-3-8-20-15/h2-10,13,25H,11-12H2,1H3,(H2,21,22,23,24)/t13-/m1/s1. The Hall–Kier alpha value is -3.06. The van der Waals surface area contributed by atoms with Crippen molar-refractivity contribution in [1.82, 2.24) is 19.9 Å². The van der Waals surface area contributed by atoms with Crippen molar-refractivity contribution in [2.75, 3.05) is 17.2 Å². The Bertz CT molecular complexity index is 797. The van der Waals surface area contributed by atoms with Crippen LogP contribution in [0.15, 0.2) is 55.0 Å². The van der Waals surface area contributed by atoms with Crippen molar-refractivity contribution in [2.24, 2.45) is 0 Å². The summed E-state index contributed by atoms with van der Waals surface area (Å²) >= 11 is 0. The zero-order chi connectivity index (χ0) is 17.5. The summed E-state index contributed by atoms with van der Waals surface area (Å²) in [6.07, 6.45) is 5.23. The third kappa shape index (κ3) is 4.71. The number of rotatable bonds is 7. The second-order valence-electron chi connectivity index (χ2n) is 5.61. The van der Waals surface area contributed by atoms with Crippen molar-refractivity contribution >= 4 is 11.8 Å². The molecule has 25 heavy (non-hydrogen) atoms. The number of aliphatic hydroxyl groups excluding tert-OH is 1. The van der Waals surface area contributed by atoms with Gasteiger partial charge < -0.3 is 15.7 Å². The highest BCUT2D eigenvalue weighted by atomic mass is 16.3. The van der Waals surface area contributed by atoms with E-state index in [1.807, 2.05) is 43.3 Å². The molecule has 0 saturated carbocycles. The van der Waals surface area contributed by atoms with Crippen molar-refractivity contribution in [1.29, 1.82) is 0 Å². The molecular formula is C18H20N6O. The lowest BCUT2D eigenvalue weighted by atomic mass is 10.2. The second-order valence-corrected chi connectivity index (χ2v) is 5.61. The predicted molar refractivity (Wildman–Crippen MR) is 97.0 cm³/mol. The monoisotopic (exact) mass is 336 g/mol. The van der Waals surface area contributed by atoms with Crippen LogP contribution in [0, 0.1) is 0 Å². The summed E-state index contributed by atoms with van der Waals surface area (Å²) in [5, 5.41) is 15.6. The van der Waals surface area contributed by atoms with Gasteiger partial charge >= 0.3 is 0 Å². The molecule has 0 aliphatic heterocycles. The van der Waals surface area contributed by atoms with Gasteiger partial charge in [0.05, 0.1) is 24.5 Å². The van der Waals surface area contributed by atoms with Crippen LogP contribution in [0.1, 0.15) is 12.6 Å². The van der Waals surface area contributed by atoms with E-state index in [0.717, 1.165) is 17.0 Å². The molecule has 0 spiro atoms. The zero-order valence-corrected chi connectivity index (χ0v) is 13.9. The molecule has 0 radical (unpaired) electrons. The Morgan fingerprint density at radius 2 is 2.04 bits per heavy atom. The first kappa shape index (κ1) is 16.8. The van der Waals surface area contributed by atoms with Crippen LogP contribution in [0.5, 0.6) is 0 Å². The van der Waals surface area contributed by atoms with Crippen LogP contribution in [-0.2, 0) is 6.54 Å². The van der Waals surface area contributed by atoms with Gasteiger partial charge in [0.25, 0.3) is 0 Å². The van der Waals surface area contributed by atoms with Gasteiger partial charge in [-0.2, -0.15) is 4.98 Å². The highest BCUT2D eigenvalue weighted by Crippen LogP contribution is 2.21. The Labute approximate surface area is 146 Å². The van der Waals surface area contributed by atoms with Gasteiger partial charge in [-0.05, 0) is 31.2 Å². The molecule has 0 fully saturated rings. The van der Waals surface area contributed by atoms with Gasteiger partial charge in [-0.15, -0.1) is 0 Å². The lowest BCUT2D eigenvalue weighted by Crippen LogP contribution is -2.21. The first-order chi connectivity index (χ1) is 12.2. The van der Waals surface area contributed by atoms with E-state index in [1.54, 1.807) is 18.6 Å². The summed E-state index contributed by atoms with van der Waals surface area (Å²) in [6.45, 7) is 2.41. The maximum absolute atomic E-state index is 9.25. The molecule has 0 amide bonds. The number of aromatic nitrogens is 4. The van der Waals surface area contributed by atoms with Crippen LogP contribution >= 0.6 is 0 Å². The van der Waals surface area contributed by atoms with Crippen LogP contribution in [-0.4, -0.2) is 37.7 Å². The Morgan fingerprint density at radius 3 is 2.76 bits per heavy atom. The molecule has 3 N–H and O–H groups in total. The van der Waals surface area contributed by atoms with E-state index < -0.39 is 0 Å². The summed E-state index contributed by atoms with van der Waals surface area (Å²) in [5.74, 6) is 1.12. The van der Waals surface area contributed by atoms with E-state index in [2.05, 4.69) is 30.6 Å². The molecule has 0 aromatic carbocycles. The molecule has 3 aromatic heterocycles. The molecule has 0 aliphatic carbocycles. The highest BCUT2D eigenvalue weighted by molar-refractivity contribution is 5.63. The van der Waals surface area contributed by atoms with Crippen LogP contribution in [0.4, 0.5) is 11.8 Å². The highest BCUT2D eigenvalue weighted by Gasteiger charge is 2.09. The van der Waals surface area contributed by atoms with Crippen LogP contribution < -0.4 is 10.6 Å². The summed E-state index contributed by atoms with van der Waals surface area (Å²) in [5.41, 5.74) is 2.56. The molecule has 0 aliphatic rings. The molecule has 7 nitrogen and oxygen atoms in total. The number of aliphatic hydroxyl groups is 1. The molecule has 1 atom stereocenters. The summed E-state index contributed by atoms with van der Waals surface area (Å²) in [4.78, 5) is 17.4. The Balaban J connectivity index is 1.86. The largest absolute Gasteiger partial charge is 0.394 e. The molecular weight excluding hydrogens is 316 g/mol.